The highest BCUT2D eigenvalue weighted by Crippen LogP contribution is 2.30. The lowest BCUT2D eigenvalue weighted by Gasteiger charge is -2.07. The minimum Gasteiger partial charge on any atom is -0.347 e. The van der Waals surface area contributed by atoms with Crippen LogP contribution in [0.1, 0.15) is 4.88 Å². The molecule has 0 radical (unpaired) electrons. The van der Waals surface area contributed by atoms with Crippen molar-refractivity contribution in [1.29, 1.82) is 0 Å². The minimum absolute atomic E-state index is 0.138. The average Bonchev–Trinajstić information content (AvgIpc) is 3.47. The molecule has 0 atom stereocenters. The molecular weight excluding hydrogens is 457 g/mol. The Hall–Kier alpha value is -3.93. The third kappa shape index (κ3) is 4.37. The zero-order valence-corrected chi connectivity index (χ0v) is 17.5. The number of carbonyl (C=O) groups is 1. The van der Waals surface area contributed by atoms with Crippen molar-refractivity contribution in [1.82, 2.24) is 29.9 Å². The summed E-state index contributed by atoms with van der Waals surface area (Å²) in [5, 5.41) is 8.05. The highest BCUT2D eigenvalue weighted by molar-refractivity contribution is 7.10. The van der Waals surface area contributed by atoms with Crippen LogP contribution < -0.4 is 11.0 Å². The van der Waals surface area contributed by atoms with E-state index in [1.54, 1.807) is 29.0 Å². The quantitative estimate of drug-likeness (QED) is 0.364. The van der Waals surface area contributed by atoms with E-state index in [2.05, 4.69) is 20.1 Å². The van der Waals surface area contributed by atoms with Crippen molar-refractivity contribution in [3.05, 3.63) is 63.6 Å². The lowest BCUT2D eigenvalue weighted by atomic mass is 10.1. The summed E-state index contributed by atoms with van der Waals surface area (Å²) in [6, 6.07) is 7.27. The van der Waals surface area contributed by atoms with Crippen LogP contribution >= 0.6 is 11.3 Å². The van der Waals surface area contributed by atoms with Crippen molar-refractivity contribution in [3.8, 4) is 22.3 Å². The number of alkyl halides is 3. The molecule has 33 heavy (non-hydrogen) atoms. The molecule has 5 aromatic rings. The van der Waals surface area contributed by atoms with Crippen LogP contribution in [0.15, 0.2) is 53.0 Å². The van der Waals surface area contributed by atoms with Gasteiger partial charge in [-0.05, 0) is 34.7 Å². The first kappa shape index (κ1) is 20.9. The second-order valence-corrected chi connectivity index (χ2v) is 8.37. The van der Waals surface area contributed by atoms with Gasteiger partial charge in [0.1, 0.15) is 6.54 Å². The molecule has 4 heterocycles. The molecule has 8 nitrogen and oxygen atoms in total. The number of hydrogen-bond acceptors (Lipinski definition) is 5. The Morgan fingerprint density at radius 2 is 1.91 bits per heavy atom. The fourth-order valence-electron chi connectivity index (χ4n) is 3.47. The van der Waals surface area contributed by atoms with Crippen molar-refractivity contribution in [2.45, 2.75) is 12.6 Å². The number of nitrogens with one attached hydrogen (secondary N) is 3. The predicted octanol–water partition coefficient (Wildman–Crippen LogP) is 3.52. The summed E-state index contributed by atoms with van der Waals surface area (Å²) < 4.78 is 38.4. The van der Waals surface area contributed by atoms with Gasteiger partial charge in [-0.2, -0.15) is 18.3 Å². The van der Waals surface area contributed by atoms with Crippen molar-refractivity contribution < 1.29 is 18.0 Å². The van der Waals surface area contributed by atoms with Crippen LogP contribution in [-0.2, 0) is 11.2 Å². The van der Waals surface area contributed by atoms with Gasteiger partial charge in [0.2, 0.25) is 5.91 Å². The van der Waals surface area contributed by atoms with Crippen LogP contribution in [0.5, 0.6) is 0 Å². The highest BCUT2D eigenvalue weighted by Gasteiger charge is 2.27. The monoisotopic (exact) mass is 472 g/mol. The Bertz CT molecular complexity index is 1540. The first-order chi connectivity index (χ1) is 15.7. The smallest absolute Gasteiger partial charge is 0.347 e. The maximum atomic E-state index is 12.3. The van der Waals surface area contributed by atoms with Crippen molar-refractivity contribution in [2.75, 3.05) is 6.54 Å². The van der Waals surface area contributed by atoms with Gasteiger partial charge < -0.3 is 15.3 Å². The number of carbonyl (C=O) groups excluding carboxylic acids is 1. The van der Waals surface area contributed by atoms with Crippen molar-refractivity contribution in [2.24, 2.45) is 0 Å². The van der Waals surface area contributed by atoms with E-state index in [0.717, 1.165) is 22.3 Å². The van der Waals surface area contributed by atoms with Crippen molar-refractivity contribution in [3.63, 3.8) is 0 Å². The molecule has 0 fully saturated rings. The Balaban J connectivity index is 1.38. The first-order valence-corrected chi connectivity index (χ1v) is 10.6. The van der Waals surface area contributed by atoms with Crippen molar-refractivity contribution >= 4 is 33.9 Å². The number of H-pyrrole nitrogens is 2. The summed E-state index contributed by atoms with van der Waals surface area (Å²) >= 11 is 1.28. The first-order valence-electron chi connectivity index (χ1n) is 9.72. The van der Waals surface area contributed by atoms with E-state index < -0.39 is 18.6 Å². The molecule has 0 aliphatic carbocycles. The molecule has 4 aromatic heterocycles. The van der Waals surface area contributed by atoms with Gasteiger partial charge in [-0.25, -0.2) is 14.3 Å². The largest absolute Gasteiger partial charge is 0.405 e. The average molecular weight is 472 g/mol. The van der Waals surface area contributed by atoms with Crippen LogP contribution in [0.4, 0.5) is 13.2 Å². The van der Waals surface area contributed by atoms with Gasteiger partial charge in [-0.3, -0.25) is 4.79 Å². The van der Waals surface area contributed by atoms with Gasteiger partial charge in [0, 0.05) is 28.4 Å². The third-order valence-electron chi connectivity index (χ3n) is 4.99. The Morgan fingerprint density at radius 3 is 2.73 bits per heavy atom. The zero-order valence-electron chi connectivity index (χ0n) is 16.7. The van der Waals surface area contributed by atoms with Gasteiger partial charge in [-0.15, -0.1) is 11.3 Å². The molecule has 0 aliphatic rings. The Morgan fingerprint density at radius 1 is 1.09 bits per heavy atom. The molecule has 3 N–H and O–H groups in total. The number of imidazole rings is 1. The van der Waals surface area contributed by atoms with Gasteiger partial charge in [-0.1, -0.05) is 6.07 Å². The zero-order chi connectivity index (χ0) is 23.2. The van der Waals surface area contributed by atoms with E-state index in [1.807, 2.05) is 29.0 Å². The number of amides is 1. The van der Waals surface area contributed by atoms with Crippen LogP contribution in [0, 0.1) is 0 Å². The summed E-state index contributed by atoms with van der Waals surface area (Å²) in [6.07, 6.45) is 0.582. The van der Waals surface area contributed by atoms with E-state index in [0.29, 0.717) is 21.6 Å². The molecule has 1 aromatic carbocycles. The normalized spacial score (nSPS) is 12.0. The highest BCUT2D eigenvalue weighted by atomic mass is 32.1. The second kappa shape index (κ2) is 7.89. The molecule has 168 valence electrons. The number of rotatable bonds is 5. The number of halogens is 3. The SMILES string of the molecule is O=C(Cc1cc(-c2cnn3cc(-c4ccc5[nH]c(=O)[nH]c5c4)cnc23)cs1)NCC(F)(F)F. The van der Waals surface area contributed by atoms with Gasteiger partial charge in [0.25, 0.3) is 0 Å². The summed E-state index contributed by atoms with van der Waals surface area (Å²) in [5.74, 6) is -0.691. The number of thiophene rings is 1. The van der Waals surface area contributed by atoms with E-state index in [-0.39, 0.29) is 12.1 Å². The standard InChI is InChI=1S/C21H15F3N6O2S/c22-21(23,24)10-26-18(31)5-14-3-12(9-33-14)15-7-27-30-8-13(6-25-19(15)30)11-1-2-16-17(4-11)29-20(32)28-16/h1-4,6-9H,5,10H2,(H,26,31)(H2,28,29,32). The molecule has 0 saturated heterocycles. The van der Waals surface area contributed by atoms with Crippen LogP contribution in [0.2, 0.25) is 0 Å². The van der Waals surface area contributed by atoms with Crippen LogP contribution in [-0.4, -0.2) is 43.2 Å². The lowest BCUT2D eigenvalue weighted by molar-refractivity contribution is -0.138. The van der Waals surface area contributed by atoms with E-state index in [4.69, 9.17) is 0 Å². The summed E-state index contributed by atoms with van der Waals surface area (Å²) in [4.78, 5) is 33.8. The summed E-state index contributed by atoms with van der Waals surface area (Å²) in [7, 11) is 0. The fraction of sp³-hybridized carbons (Fsp3) is 0.143. The van der Waals surface area contributed by atoms with E-state index in [1.165, 1.54) is 11.3 Å². The lowest BCUT2D eigenvalue weighted by Crippen LogP contribution is -2.34. The molecule has 0 saturated carbocycles. The Labute approximate surface area is 187 Å². The fourth-order valence-corrected chi connectivity index (χ4v) is 4.36. The number of nitrogens with zero attached hydrogens (tertiary/aromatic N) is 3. The number of aromatic nitrogens is 5. The van der Waals surface area contributed by atoms with Gasteiger partial charge in [0.05, 0.1) is 23.7 Å². The summed E-state index contributed by atoms with van der Waals surface area (Å²) in [5.41, 5.74) is 4.88. The van der Waals surface area contributed by atoms with E-state index >= 15 is 0 Å². The minimum atomic E-state index is -4.44. The maximum absolute atomic E-state index is 12.3. The molecule has 0 bridgehead atoms. The Kier molecular flexibility index (Phi) is 5.01. The molecule has 5 rings (SSSR count). The molecule has 12 heteroatoms. The molecule has 1 amide bonds. The number of benzene rings is 1. The van der Waals surface area contributed by atoms with E-state index in [9.17, 15) is 22.8 Å². The maximum Gasteiger partial charge on any atom is 0.405 e. The third-order valence-corrected chi connectivity index (χ3v) is 5.93. The molecular formula is C21H15F3N6O2S. The van der Waals surface area contributed by atoms with Gasteiger partial charge in [0.15, 0.2) is 5.65 Å². The topological polar surface area (TPSA) is 108 Å². The van der Waals surface area contributed by atoms with Crippen LogP contribution in [0.3, 0.4) is 0 Å². The second-order valence-electron chi connectivity index (χ2n) is 7.38. The molecule has 0 spiro atoms. The molecule has 0 aliphatic heterocycles. The summed E-state index contributed by atoms with van der Waals surface area (Å²) in [6.45, 7) is -1.35. The van der Waals surface area contributed by atoms with Crippen LogP contribution in [0.25, 0.3) is 38.9 Å². The number of hydrogen-bond donors (Lipinski definition) is 3. The predicted molar refractivity (Wildman–Crippen MR) is 117 cm³/mol. The number of fused-ring (bicyclic) bond motifs is 2. The number of aromatic amines is 2. The van der Waals surface area contributed by atoms with Gasteiger partial charge >= 0.3 is 11.9 Å². The molecule has 0 unspecified atom stereocenters.